The molecule has 52 heavy (non-hydrogen) atoms. The van der Waals surface area contributed by atoms with Crippen molar-refractivity contribution < 1.29 is 59.1 Å². The first-order valence-electron chi connectivity index (χ1n) is 16.1. The number of esters is 1. The molecule has 0 fully saturated rings. The lowest BCUT2D eigenvalue weighted by atomic mass is 9.94. The van der Waals surface area contributed by atoms with Gasteiger partial charge in [-0.2, -0.15) is 12.6 Å². The van der Waals surface area contributed by atoms with Gasteiger partial charge in [0.25, 0.3) is 5.91 Å². The van der Waals surface area contributed by atoms with E-state index in [0.29, 0.717) is 49.2 Å². The van der Waals surface area contributed by atoms with E-state index in [9.17, 15) is 33.9 Å². The van der Waals surface area contributed by atoms with Gasteiger partial charge in [0.05, 0.1) is 35.3 Å². The Kier molecular flexibility index (Phi) is 28.1. The minimum absolute atomic E-state index is 0. The van der Waals surface area contributed by atoms with Crippen molar-refractivity contribution in [1.82, 2.24) is 5.48 Å². The lowest BCUT2D eigenvalue weighted by Crippen LogP contribution is -2.29. The van der Waals surface area contributed by atoms with Crippen LogP contribution in [-0.4, -0.2) is 90.1 Å². The summed E-state index contributed by atoms with van der Waals surface area (Å²) in [5.74, 6) is -4.32. The molecule has 0 aliphatic carbocycles. The van der Waals surface area contributed by atoms with Crippen LogP contribution in [0.3, 0.4) is 0 Å². The Hall–Kier alpha value is -3.60. The van der Waals surface area contributed by atoms with Crippen molar-refractivity contribution >= 4 is 76.1 Å². The maximum Gasteiger partial charge on any atom is 0.335 e. The van der Waals surface area contributed by atoms with Crippen molar-refractivity contribution in [1.29, 1.82) is 0 Å². The molecule has 13 nitrogen and oxygen atoms in total. The second-order valence-corrected chi connectivity index (χ2v) is 14.0. The molecule has 0 heterocycles. The molecule has 2 rings (SSSR count). The zero-order chi connectivity index (χ0) is 38.9. The molecule has 0 saturated carbocycles. The molecule has 0 radical (unpaired) electrons. The van der Waals surface area contributed by atoms with E-state index in [4.69, 9.17) is 20.5 Å². The fraction of sp³-hybridized carbons (Fsp3) is 0.500. The molecule has 4 atom stereocenters. The summed E-state index contributed by atoms with van der Waals surface area (Å²) >= 11 is 8.57. The summed E-state index contributed by atoms with van der Waals surface area (Å²) in [6.45, 7) is 3.75. The van der Waals surface area contributed by atoms with Gasteiger partial charge in [0.1, 0.15) is 4.83 Å². The minimum Gasteiger partial charge on any atom is -0.481 e. The normalized spacial score (nSPS) is 12.4. The lowest BCUT2D eigenvalue weighted by Gasteiger charge is -2.15. The van der Waals surface area contributed by atoms with Crippen molar-refractivity contribution in [3.8, 4) is 0 Å². The number of rotatable bonds is 20. The van der Waals surface area contributed by atoms with Gasteiger partial charge in [-0.1, -0.05) is 61.5 Å². The Morgan fingerprint density at radius 1 is 0.808 bits per heavy atom. The standard InChI is InChI=1S/C17H23NO6S.C13H16O4S.C5H9BrO2.CH4/c1-2-14(15(19)18-24)25-8-4-7-13(17(22)23)10-11-5-3-6-12(9-11)16(20)21;14-12(15)10-4-1-3-9(7-10)8-11(13(16)17)5-2-6-18;1-3-4(6)5(7)8-2;/h3,5-6,9,13-14,24H,2,4,7-8,10H2,1H3,(H,18,19)(H,20,21)(H,22,23);1,3-4,7,11,18H,2,5-6,8H2,(H,14,15)(H,16,17);4H,3H2,1-2H3;1H4. The largest absolute Gasteiger partial charge is 0.481 e. The molecule has 16 heteroatoms. The maximum atomic E-state index is 11.4. The molecular formula is C36H52BrNO12S2. The molecule has 0 bridgehead atoms. The molecule has 0 aliphatic heterocycles. The zero-order valence-electron chi connectivity index (χ0n) is 28.8. The first kappa shape index (κ1) is 50.5. The van der Waals surface area contributed by atoms with E-state index >= 15 is 0 Å². The van der Waals surface area contributed by atoms with E-state index in [2.05, 4.69) is 33.3 Å². The van der Waals surface area contributed by atoms with Gasteiger partial charge in [-0.15, -0.1) is 11.8 Å². The Morgan fingerprint density at radius 3 is 1.60 bits per heavy atom. The number of benzene rings is 2. The number of aliphatic carboxylic acids is 2. The third-order valence-electron chi connectivity index (χ3n) is 7.33. The molecule has 0 aliphatic rings. The number of alkyl halides is 1. The predicted molar refractivity (Wildman–Crippen MR) is 207 cm³/mol. The fourth-order valence-corrected chi connectivity index (χ4v) is 5.92. The first-order chi connectivity index (χ1) is 24.1. The smallest absolute Gasteiger partial charge is 0.335 e. The summed E-state index contributed by atoms with van der Waals surface area (Å²) in [6.07, 6.45) is 4.27. The highest BCUT2D eigenvalue weighted by Gasteiger charge is 2.21. The van der Waals surface area contributed by atoms with E-state index in [0.717, 1.165) is 18.4 Å². The van der Waals surface area contributed by atoms with Gasteiger partial charge >= 0.3 is 29.8 Å². The predicted octanol–water partition coefficient (Wildman–Crippen LogP) is 6.73. The summed E-state index contributed by atoms with van der Waals surface area (Å²) in [5, 5.41) is 44.6. The van der Waals surface area contributed by atoms with Crippen LogP contribution >= 0.6 is 40.3 Å². The summed E-state index contributed by atoms with van der Waals surface area (Å²) in [6, 6.07) is 12.7. The van der Waals surface area contributed by atoms with Crippen molar-refractivity contribution in [2.24, 2.45) is 11.8 Å². The number of methoxy groups -OCH3 is 1. The number of amides is 1. The quantitative estimate of drug-likeness (QED) is 0.0184. The van der Waals surface area contributed by atoms with Gasteiger partial charge in [0, 0.05) is 0 Å². The Morgan fingerprint density at radius 2 is 1.27 bits per heavy atom. The molecule has 2 aromatic carbocycles. The average Bonchev–Trinajstić information content (AvgIpc) is 3.12. The highest BCUT2D eigenvalue weighted by atomic mass is 79.9. The summed E-state index contributed by atoms with van der Waals surface area (Å²) in [7, 11) is 1.38. The number of thiol groups is 1. The number of hydrogen-bond donors (Lipinski definition) is 7. The third kappa shape index (κ3) is 21.1. The van der Waals surface area contributed by atoms with Gasteiger partial charge in [-0.3, -0.25) is 24.4 Å². The molecular weight excluding hydrogens is 782 g/mol. The van der Waals surface area contributed by atoms with E-state index < -0.39 is 41.6 Å². The number of hydroxylamine groups is 1. The fourth-order valence-electron chi connectivity index (χ4n) is 4.50. The first-order valence-corrected chi connectivity index (χ1v) is 18.7. The van der Waals surface area contributed by atoms with E-state index in [1.807, 2.05) is 13.8 Å². The Bertz CT molecular complexity index is 1410. The second-order valence-electron chi connectivity index (χ2n) is 11.1. The number of nitrogens with one attached hydrogen (secondary N) is 1. The molecule has 2 aromatic rings. The van der Waals surface area contributed by atoms with E-state index in [1.165, 1.54) is 43.1 Å². The average molecular weight is 835 g/mol. The summed E-state index contributed by atoms with van der Waals surface area (Å²) in [4.78, 5) is 66.1. The van der Waals surface area contributed by atoms with Gasteiger partial charge in [0.2, 0.25) is 0 Å². The van der Waals surface area contributed by atoms with E-state index in [1.54, 1.807) is 29.7 Å². The number of carboxylic acids is 4. The van der Waals surface area contributed by atoms with Crippen molar-refractivity contribution in [3.63, 3.8) is 0 Å². The van der Waals surface area contributed by atoms with Crippen molar-refractivity contribution in [2.75, 3.05) is 18.6 Å². The highest BCUT2D eigenvalue weighted by molar-refractivity contribution is 9.10. The molecule has 1 amide bonds. The number of thioether (sulfide) groups is 1. The molecule has 0 saturated heterocycles. The van der Waals surface area contributed by atoms with Crippen molar-refractivity contribution in [2.45, 2.75) is 82.7 Å². The van der Waals surface area contributed by atoms with Crippen LogP contribution in [0.4, 0.5) is 0 Å². The molecule has 0 spiro atoms. The van der Waals surface area contributed by atoms with Gasteiger partial charge in [-0.25, -0.2) is 15.1 Å². The lowest BCUT2D eigenvalue weighted by molar-refractivity contribution is -0.142. The van der Waals surface area contributed by atoms with Crippen LogP contribution in [-0.2, 0) is 36.8 Å². The van der Waals surface area contributed by atoms with Crippen molar-refractivity contribution in [3.05, 3.63) is 70.8 Å². The molecule has 4 unspecified atom stereocenters. The van der Waals surface area contributed by atoms with Gasteiger partial charge in [0.15, 0.2) is 0 Å². The third-order valence-corrected chi connectivity index (χ3v) is 10.1. The molecule has 292 valence electrons. The number of hydrogen-bond acceptors (Lipinski definition) is 10. The number of carbonyl (C=O) groups excluding carboxylic acids is 2. The Balaban J connectivity index is 0. The zero-order valence-corrected chi connectivity index (χ0v) is 32.1. The topological polar surface area (TPSA) is 225 Å². The van der Waals surface area contributed by atoms with Crippen LogP contribution < -0.4 is 5.48 Å². The van der Waals surface area contributed by atoms with Gasteiger partial charge in [-0.05, 0) is 98.3 Å². The van der Waals surface area contributed by atoms with Crippen LogP contribution in [0.1, 0.15) is 91.6 Å². The van der Waals surface area contributed by atoms with Crippen LogP contribution in [0.2, 0.25) is 0 Å². The van der Waals surface area contributed by atoms with Gasteiger partial charge < -0.3 is 25.2 Å². The number of carbonyl (C=O) groups is 6. The maximum absolute atomic E-state index is 11.4. The van der Waals surface area contributed by atoms with Crippen LogP contribution in [0.25, 0.3) is 0 Å². The van der Waals surface area contributed by atoms with Crippen LogP contribution in [0.15, 0.2) is 48.5 Å². The second kappa shape index (κ2) is 28.9. The summed E-state index contributed by atoms with van der Waals surface area (Å²) < 4.78 is 4.42. The molecule has 6 N–H and O–H groups in total. The number of aromatic carboxylic acids is 2. The van der Waals surface area contributed by atoms with Crippen LogP contribution in [0, 0.1) is 11.8 Å². The number of carboxylic acid groups (broad SMARTS) is 4. The number of ether oxygens (including phenoxy) is 1. The highest BCUT2D eigenvalue weighted by Crippen LogP contribution is 2.21. The Labute approximate surface area is 323 Å². The van der Waals surface area contributed by atoms with E-state index in [-0.39, 0.29) is 41.0 Å². The monoisotopic (exact) mass is 833 g/mol. The van der Waals surface area contributed by atoms with Crippen LogP contribution in [0.5, 0.6) is 0 Å². The SMILES string of the molecule is C.CCC(Br)C(=O)OC.CCC(SCCCC(Cc1cccc(C(=O)O)c1)C(=O)O)C(=O)NO.O=C(O)c1cccc(CC(CCCS)C(=O)O)c1. The number of halogens is 1. The molecule has 0 aromatic heterocycles. The minimum atomic E-state index is -1.04. The summed E-state index contributed by atoms with van der Waals surface area (Å²) in [5.41, 5.74) is 3.36.